The monoisotopic (exact) mass is 592 g/mol. The molecule has 0 bridgehead atoms. The number of hydrogen-bond acceptors (Lipinski definition) is 8. The Labute approximate surface area is 245 Å². The maximum absolute atomic E-state index is 13.7. The molecule has 0 spiro atoms. The molecule has 3 heterocycles. The van der Waals surface area contributed by atoms with E-state index in [9.17, 15) is 18.3 Å². The van der Waals surface area contributed by atoms with Crippen LogP contribution in [0.15, 0.2) is 65.8 Å². The van der Waals surface area contributed by atoms with Gasteiger partial charge in [0.2, 0.25) is 16.8 Å². The van der Waals surface area contributed by atoms with Crippen LogP contribution < -0.4 is 19.5 Å². The molecule has 2 aromatic carbocycles. The molecule has 0 aliphatic carbocycles. The van der Waals surface area contributed by atoms with E-state index in [2.05, 4.69) is 22.1 Å². The van der Waals surface area contributed by atoms with Crippen LogP contribution in [0.25, 0.3) is 0 Å². The molecule has 0 saturated heterocycles. The minimum absolute atomic E-state index is 0.0263. The quantitative estimate of drug-likeness (QED) is 0.432. The van der Waals surface area contributed by atoms with Crippen LogP contribution in [0.1, 0.15) is 25.0 Å². The fourth-order valence-electron chi connectivity index (χ4n) is 4.65. The van der Waals surface area contributed by atoms with Crippen LogP contribution >= 0.6 is 0 Å². The van der Waals surface area contributed by atoms with Gasteiger partial charge in [0.05, 0.1) is 13.2 Å². The Bertz CT molecular complexity index is 1620. The summed E-state index contributed by atoms with van der Waals surface area (Å²) in [6, 6.07) is 12.3. The highest BCUT2D eigenvalue weighted by Gasteiger charge is 2.38. The van der Waals surface area contributed by atoms with Gasteiger partial charge in [0.1, 0.15) is 16.7 Å². The highest BCUT2D eigenvalue weighted by Crippen LogP contribution is 2.35. The fourth-order valence-corrected chi connectivity index (χ4v) is 6.47. The van der Waals surface area contributed by atoms with Gasteiger partial charge in [0.15, 0.2) is 11.5 Å². The van der Waals surface area contributed by atoms with Crippen molar-refractivity contribution >= 4 is 21.7 Å². The zero-order chi connectivity index (χ0) is 29.9. The van der Waals surface area contributed by atoms with E-state index in [1.807, 2.05) is 6.92 Å². The average molecular weight is 593 g/mol. The SMILES string of the molecule is C[C@@H]1CN([C@@H](C)CO)S(=O)(=O)c2ccc(C#Cc3ccncc3)cc2O[C@H]1CN(C)C(=O)Nc1ccc2c(c1)OCO2. The van der Waals surface area contributed by atoms with Gasteiger partial charge < -0.3 is 29.5 Å². The number of pyridine rings is 1. The van der Waals surface area contributed by atoms with Crippen LogP contribution in [0, 0.1) is 17.8 Å². The van der Waals surface area contributed by atoms with Gasteiger partial charge in [-0.05, 0) is 49.4 Å². The Hall–Kier alpha value is -4.31. The number of anilines is 1. The van der Waals surface area contributed by atoms with Crippen molar-refractivity contribution in [1.82, 2.24) is 14.2 Å². The number of benzene rings is 2. The summed E-state index contributed by atoms with van der Waals surface area (Å²) in [7, 11) is -2.37. The molecule has 11 nitrogen and oxygen atoms in total. The molecule has 2 aliphatic rings. The Morgan fingerprint density at radius 3 is 2.60 bits per heavy atom. The Morgan fingerprint density at radius 2 is 1.83 bits per heavy atom. The highest BCUT2D eigenvalue weighted by molar-refractivity contribution is 7.89. The largest absolute Gasteiger partial charge is 0.487 e. The molecular formula is C30H32N4O7S. The number of rotatable bonds is 5. The predicted octanol–water partition coefficient (Wildman–Crippen LogP) is 3.14. The van der Waals surface area contributed by atoms with Gasteiger partial charge >= 0.3 is 6.03 Å². The maximum atomic E-state index is 13.7. The van der Waals surface area contributed by atoms with Crippen molar-refractivity contribution in [2.24, 2.45) is 5.92 Å². The van der Waals surface area contributed by atoms with Crippen LogP contribution in [0.3, 0.4) is 0 Å². The van der Waals surface area contributed by atoms with Gasteiger partial charge in [-0.2, -0.15) is 4.31 Å². The Balaban J connectivity index is 1.42. The first-order chi connectivity index (χ1) is 20.2. The number of ether oxygens (including phenoxy) is 3. The van der Waals surface area contributed by atoms with Crippen molar-refractivity contribution in [1.29, 1.82) is 0 Å². The summed E-state index contributed by atoms with van der Waals surface area (Å²) in [5.74, 6) is 7.04. The first-order valence-electron chi connectivity index (χ1n) is 13.4. The lowest BCUT2D eigenvalue weighted by Crippen LogP contribution is -2.50. The number of carbonyl (C=O) groups excluding carboxylic acids is 1. The molecule has 3 aromatic rings. The van der Waals surface area contributed by atoms with Crippen molar-refractivity contribution in [2.45, 2.75) is 30.9 Å². The summed E-state index contributed by atoms with van der Waals surface area (Å²) in [4.78, 5) is 18.6. The summed E-state index contributed by atoms with van der Waals surface area (Å²) in [6.45, 7) is 3.55. The molecule has 12 heteroatoms. The second-order valence-electron chi connectivity index (χ2n) is 10.3. The van der Waals surface area contributed by atoms with Crippen molar-refractivity contribution in [2.75, 3.05) is 38.9 Å². The molecule has 2 amide bonds. The third-order valence-corrected chi connectivity index (χ3v) is 9.14. The smallest absolute Gasteiger partial charge is 0.321 e. The second-order valence-corrected chi connectivity index (χ2v) is 12.1. The first kappa shape index (κ1) is 29.2. The Kier molecular flexibility index (Phi) is 8.54. The van der Waals surface area contributed by atoms with E-state index in [-0.39, 0.29) is 49.1 Å². The van der Waals surface area contributed by atoms with Crippen molar-refractivity contribution < 1.29 is 32.5 Å². The van der Waals surface area contributed by atoms with Gasteiger partial charge in [-0.1, -0.05) is 18.8 Å². The minimum Gasteiger partial charge on any atom is -0.487 e. The maximum Gasteiger partial charge on any atom is 0.321 e. The van der Waals surface area contributed by atoms with E-state index in [1.165, 1.54) is 15.3 Å². The lowest BCUT2D eigenvalue weighted by molar-refractivity contribution is 0.0830. The average Bonchev–Trinajstić information content (AvgIpc) is 3.46. The van der Waals surface area contributed by atoms with E-state index in [0.717, 1.165) is 5.56 Å². The highest BCUT2D eigenvalue weighted by atomic mass is 32.2. The number of urea groups is 1. The summed E-state index contributed by atoms with van der Waals surface area (Å²) < 4.78 is 45.8. The molecular weight excluding hydrogens is 560 g/mol. The standard InChI is InChI=1S/C30H32N4O7S/c1-20-16-34(21(2)18-35)42(37,38)29-9-6-23(5-4-22-10-12-31-13-11-22)14-27(29)41-28(20)17-33(3)30(36)32-24-7-8-25-26(15-24)40-19-39-25/h6-15,20-21,28,35H,16-19H2,1-3H3,(H,32,36)/t20-,21+,28+/m1/s1. The van der Waals surface area contributed by atoms with E-state index < -0.39 is 22.2 Å². The van der Waals surface area contributed by atoms with E-state index >= 15 is 0 Å². The van der Waals surface area contributed by atoms with Crippen LogP contribution in [0.4, 0.5) is 10.5 Å². The van der Waals surface area contributed by atoms with Crippen LogP contribution in [-0.4, -0.2) is 79.4 Å². The van der Waals surface area contributed by atoms with E-state index in [1.54, 1.807) is 68.8 Å². The fraction of sp³-hybridized carbons (Fsp3) is 0.333. The van der Waals surface area contributed by atoms with Crippen LogP contribution in [0.2, 0.25) is 0 Å². The number of aromatic nitrogens is 1. The zero-order valence-corrected chi connectivity index (χ0v) is 24.3. The third-order valence-electron chi connectivity index (χ3n) is 7.12. The molecule has 0 radical (unpaired) electrons. The zero-order valence-electron chi connectivity index (χ0n) is 23.5. The number of likely N-dealkylation sites (N-methyl/N-ethyl adjacent to an activating group) is 1. The minimum atomic E-state index is -4.01. The number of nitrogens with zero attached hydrogens (tertiary/aromatic N) is 3. The molecule has 2 aliphatic heterocycles. The van der Waals surface area contributed by atoms with Crippen molar-refractivity contribution in [3.05, 3.63) is 72.1 Å². The molecule has 5 rings (SSSR count). The number of amides is 2. The Morgan fingerprint density at radius 1 is 1.10 bits per heavy atom. The van der Waals surface area contributed by atoms with Crippen LogP contribution in [-0.2, 0) is 10.0 Å². The van der Waals surface area contributed by atoms with Gasteiger partial charge in [0.25, 0.3) is 0 Å². The van der Waals surface area contributed by atoms with Gasteiger partial charge in [-0.15, -0.1) is 0 Å². The number of sulfonamides is 1. The van der Waals surface area contributed by atoms with E-state index in [0.29, 0.717) is 22.7 Å². The second kappa shape index (κ2) is 12.3. The number of hydrogen-bond donors (Lipinski definition) is 2. The first-order valence-corrected chi connectivity index (χ1v) is 14.9. The molecule has 2 N–H and O–H groups in total. The molecule has 0 saturated carbocycles. The summed E-state index contributed by atoms with van der Waals surface area (Å²) in [5.41, 5.74) is 1.86. The van der Waals surface area contributed by atoms with Gasteiger partial charge in [0, 0.05) is 60.8 Å². The number of aliphatic hydroxyl groups is 1. The molecule has 220 valence electrons. The number of aliphatic hydroxyl groups excluding tert-OH is 1. The summed E-state index contributed by atoms with van der Waals surface area (Å²) in [6.07, 6.45) is 2.70. The number of fused-ring (bicyclic) bond motifs is 2. The number of nitrogens with one attached hydrogen (secondary N) is 1. The molecule has 0 unspecified atom stereocenters. The summed E-state index contributed by atoms with van der Waals surface area (Å²) >= 11 is 0. The molecule has 1 aromatic heterocycles. The van der Waals surface area contributed by atoms with Crippen molar-refractivity contribution in [3.63, 3.8) is 0 Å². The molecule has 3 atom stereocenters. The third kappa shape index (κ3) is 6.28. The van der Waals surface area contributed by atoms with E-state index in [4.69, 9.17) is 14.2 Å². The predicted molar refractivity (Wildman–Crippen MR) is 155 cm³/mol. The summed E-state index contributed by atoms with van der Waals surface area (Å²) in [5, 5.41) is 12.7. The molecule has 42 heavy (non-hydrogen) atoms. The lowest BCUT2D eigenvalue weighted by atomic mass is 10.0. The normalized spacial score (nSPS) is 19.6. The number of carbonyl (C=O) groups is 1. The van der Waals surface area contributed by atoms with Gasteiger partial charge in [-0.3, -0.25) is 4.98 Å². The van der Waals surface area contributed by atoms with Crippen molar-refractivity contribution in [3.8, 4) is 29.1 Å². The topological polar surface area (TPSA) is 131 Å². The van der Waals surface area contributed by atoms with Crippen LogP contribution in [0.5, 0.6) is 17.2 Å². The van der Waals surface area contributed by atoms with Gasteiger partial charge in [-0.25, -0.2) is 13.2 Å². The lowest BCUT2D eigenvalue weighted by Gasteiger charge is -2.37. The molecule has 0 fully saturated rings.